The van der Waals surface area contributed by atoms with Crippen molar-refractivity contribution in [1.82, 2.24) is 9.80 Å². The van der Waals surface area contributed by atoms with E-state index in [0.29, 0.717) is 13.1 Å². The Kier molecular flexibility index (Phi) is 4.37. The molecule has 1 aromatic rings. The average molecular weight is 316 g/mol. The van der Waals surface area contributed by atoms with Crippen molar-refractivity contribution in [3.8, 4) is 0 Å². The molecule has 0 bridgehead atoms. The SMILES string of the molecule is CCCC1(C)CCC2(CCN(C(=O)O)C2)N1Cc1ccccc1. The van der Waals surface area contributed by atoms with Gasteiger partial charge in [-0.15, -0.1) is 0 Å². The van der Waals surface area contributed by atoms with Crippen LogP contribution in [-0.2, 0) is 6.54 Å². The van der Waals surface area contributed by atoms with Gasteiger partial charge in [0.1, 0.15) is 0 Å². The van der Waals surface area contributed by atoms with Gasteiger partial charge in [-0.3, -0.25) is 4.90 Å². The van der Waals surface area contributed by atoms with Gasteiger partial charge < -0.3 is 10.0 Å². The van der Waals surface area contributed by atoms with E-state index < -0.39 is 6.09 Å². The van der Waals surface area contributed by atoms with Gasteiger partial charge in [-0.25, -0.2) is 4.79 Å². The second kappa shape index (κ2) is 6.16. The summed E-state index contributed by atoms with van der Waals surface area (Å²) in [6.07, 6.45) is 4.81. The Morgan fingerprint density at radius 1 is 1.22 bits per heavy atom. The van der Waals surface area contributed by atoms with Crippen LogP contribution in [0.15, 0.2) is 30.3 Å². The van der Waals surface area contributed by atoms with Crippen molar-refractivity contribution in [2.45, 2.75) is 63.6 Å². The van der Waals surface area contributed by atoms with E-state index >= 15 is 0 Å². The summed E-state index contributed by atoms with van der Waals surface area (Å²) < 4.78 is 0. The second-order valence-corrected chi connectivity index (χ2v) is 7.50. The zero-order valence-corrected chi connectivity index (χ0v) is 14.3. The molecule has 0 aromatic heterocycles. The van der Waals surface area contributed by atoms with Crippen molar-refractivity contribution < 1.29 is 9.90 Å². The van der Waals surface area contributed by atoms with Crippen LogP contribution in [-0.4, -0.2) is 45.2 Å². The molecule has 4 nitrogen and oxygen atoms in total. The maximum Gasteiger partial charge on any atom is 0.407 e. The van der Waals surface area contributed by atoms with Gasteiger partial charge in [0.15, 0.2) is 0 Å². The molecule has 2 unspecified atom stereocenters. The average Bonchev–Trinajstić information content (AvgIpc) is 3.07. The quantitative estimate of drug-likeness (QED) is 0.914. The predicted molar refractivity (Wildman–Crippen MR) is 91.5 cm³/mol. The number of rotatable bonds is 4. The Balaban J connectivity index is 1.88. The molecular weight excluding hydrogens is 288 g/mol. The highest BCUT2D eigenvalue weighted by Gasteiger charge is 2.55. The van der Waals surface area contributed by atoms with Crippen molar-refractivity contribution in [3.05, 3.63) is 35.9 Å². The Morgan fingerprint density at radius 2 is 1.96 bits per heavy atom. The molecule has 2 fully saturated rings. The maximum atomic E-state index is 11.4. The first kappa shape index (κ1) is 16.3. The molecule has 1 spiro atoms. The first-order chi connectivity index (χ1) is 11.0. The van der Waals surface area contributed by atoms with Crippen LogP contribution < -0.4 is 0 Å². The van der Waals surface area contributed by atoms with Gasteiger partial charge in [0.25, 0.3) is 0 Å². The van der Waals surface area contributed by atoms with Crippen LogP contribution in [0.3, 0.4) is 0 Å². The number of benzene rings is 1. The zero-order valence-electron chi connectivity index (χ0n) is 14.3. The minimum Gasteiger partial charge on any atom is -0.465 e. The highest BCUT2D eigenvalue weighted by molar-refractivity contribution is 5.65. The zero-order chi connectivity index (χ0) is 16.5. The van der Waals surface area contributed by atoms with Gasteiger partial charge in [-0.05, 0) is 38.2 Å². The molecule has 0 saturated carbocycles. The molecule has 1 aromatic carbocycles. The molecule has 2 aliphatic heterocycles. The lowest BCUT2D eigenvalue weighted by atomic mass is 9.93. The van der Waals surface area contributed by atoms with E-state index in [0.717, 1.165) is 19.4 Å². The molecule has 1 N–H and O–H groups in total. The summed E-state index contributed by atoms with van der Waals surface area (Å²) in [5.74, 6) is 0. The number of carbonyl (C=O) groups is 1. The molecule has 2 saturated heterocycles. The number of amides is 1. The highest BCUT2D eigenvalue weighted by atomic mass is 16.4. The van der Waals surface area contributed by atoms with Crippen molar-refractivity contribution in [3.63, 3.8) is 0 Å². The molecule has 3 rings (SSSR count). The lowest BCUT2D eigenvalue weighted by Crippen LogP contribution is -2.53. The fourth-order valence-electron chi connectivity index (χ4n) is 4.71. The second-order valence-electron chi connectivity index (χ2n) is 7.50. The van der Waals surface area contributed by atoms with Crippen LogP contribution in [0.5, 0.6) is 0 Å². The van der Waals surface area contributed by atoms with Gasteiger partial charge in [0, 0.05) is 30.7 Å². The third-order valence-electron chi connectivity index (χ3n) is 5.93. The summed E-state index contributed by atoms with van der Waals surface area (Å²) in [6.45, 7) is 6.87. The van der Waals surface area contributed by atoms with E-state index in [2.05, 4.69) is 49.1 Å². The summed E-state index contributed by atoms with van der Waals surface area (Å²) in [5.41, 5.74) is 1.53. The summed E-state index contributed by atoms with van der Waals surface area (Å²) in [4.78, 5) is 15.6. The first-order valence-corrected chi connectivity index (χ1v) is 8.79. The molecule has 2 heterocycles. The third-order valence-corrected chi connectivity index (χ3v) is 5.93. The van der Waals surface area contributed by atoms with Crippen LogP contribution in [0.4, 0.5) is 4.79 Å². The number of nitrogens with zero attached hydrogens (tertiary/aromatic N) is 2. The predicted octanol–water partition coefficient (Wildman–Crippen LogP) is 3.96. The van der Waals surface area contributed by atoms with Gasteiger partial charge in [0.05, 0.1) is 0 Å². The Bertz CT molecular complexity index is 562. The Labute approximate surface area is 139 Å². The molecule has 0 radical (unpaired) electrons. The van der Waals surface area contributed by atoms with Crippen LogP contribution in [0.2, 0.25) is 0 Å². The van der Waals surface area contributed by atoms with Crippen molar-refractivity contribution in [2.24, 2.45) is 0 Å². The van der Waals surface area contributed by atoms with E-state index in [1.54, 1.807) is 4.90 Å². The summed E-state index contributed by atoms with van der Waals surface area (Å²) in [6, 6.07) is 10.6. The van der Waals surface area contributed by atoms with E-state index in [1.807, 2.05) is 0 Å². The molecular formula is C19H28N2O2. The monoisotopic (exact) mass is 316 g/mol. The third kappa shape index (κ3) is 2.97. The van der Waals surface area contributed by atoms with Crippen molar-refractivity contribution >= 4 is 6.09 Å². The van der Waals surface area contributed by atoms with Gasteiger partial charge in [-0.1, -0.05) is 43.7 Å². The number of carboxylic acid groups (broad SMARTS) is 1. The van der Waals surface area contributed by atoms with Crippen molar-refractivity contribution in [2.75, 3.05) is 13.1 Å². The maximum absolute atomic E-state index is 11.4. The topological polar surface area (TPSA) is 43.8 Å². The molecule has 0 aliphatic carbocycles. The van der Waals surface area contributed by atoms with Crippen LogP contribution in [0.1, 0.15) is 51.5 Å². The Morgan fingerprint density at radius 3 is 2.57 bits per heavy atom. The Hall–Kier alpha value is -1.55. The highest BCUT2D eigenvalue weighted by Crippen LogP contribution is 2.48. The van der Waals surface area contributed by atoms with E-state index in [1.165, 1.54) is 24.8 Å². The molecule has 1 amide bonds. The summed E-state index contributed by atoms with van der Waals surface area (Å²) in [5, 5.41) is 9.37. The minimum absolute atomic E-state index is 0.0259. The molecule has 2 aliphatic rings. The van der Waals surface area contributed by atoms with Crippen LogP contribution >= 0.6 is 0 Å². The first-order valence-electron chi connectivity index (χ1n) is 8.79. The van der Waals surface area contributed by atoms with Crippen LogP contribution in [0, 0.1) is 0 Å². The summed E-state index contributed by atoms with van der Waals surface area (Å²) >= 11 is 0. The standard InChI is InChI=1S/C19H28N2O2/c1-3-9-18(2)10-11-19(12-13-20(15-19)17(22)23)21(18)14-16-7-5-4-6-8-16/h4-8H,3,9-15H2,1-2H3,(H,22,23). The molecule has 23 heavy (non-hydrogen) atoms. The molecule has 4 heteroatoms. The number of hydrogen-bond donors (Lipinski definition) is 1. The van der Waals surface area contributed by atoms with Crippen molar-refractivity contribution in [1.29, 1.82) is 0 Å². The lowest BCUT2D eigenvalue weighted by molar-refractivity contribution is 0.0357. The molecule has 2 atom stereocenters. The number of likely N-dealkylation sites (tertiary alicyclic amines) is 2. The van der Waals surface area contributed by atoms with E-state index in [-0.39, 0.29) is 11.1 Å². The van der Waals surface area contributed by atoms with Gasteiger partial charge in [0.2, 0.25) is 0 Å². The van der Waals surface area contributed by atoms with E-state index in [9.17, 15) is 9.90 Å². The largest absolute Gasteiger partial charge is 0.465 e. The van der Waals surface area contributed by atoms with Gasteiger partial charge >= 0.3 is 6.09 Å². The molecule has 126 valence electrons. The lowest BCUT2D eigenvalue weighted by Gasteiger charge is -2.44. The normalized spacial score (nSPS) is 31.1. The smallest absolute Gasteiger partial charge is 0.407 e. The fraction of sp³-hybridized carbons (Fsp3) is 0.632. The van der Waals surface area contributed by atoms with Crippen LogP contribution in [0.25, 0.3) is 0 Å². The van der Waals surface area contributed by atoms with E-state index in [4.69, 9.17) is 0 Å². The van der Waals surface area contributed by atoms with Gasteiger partial charge in [-0.2, -0.15) is 0 Å². The number of hydrogen-bond acceptors (Lipinski definition) is 2. The fourth-order valence-corrected chi connectivity index (χ4v) is 4.71. The minimum atomic E-state index is -0.773. The summed E-state index contributed by atoms with van der Waals surface area (Å²) in [7, 11) is 0.